The molecule has 1 aliphatic heterocycles. The molecule has 5 aromatic rings. The number of hydrogen-bond acceptors (Lipinski definition) is 4. The Balaban J connectivity index is 1.15. The van der Waals surface area contributed by atoms with Gasteiger partial charge in [-0.15, -0.1) is 0 Å². The van der Waals surface area contributed by atoms with Crippen molar-refractivity contribution in [3.63, 3.8) is 0 Å². The van der Waals surface area contributed by atoms with Crippen LogP contribution in [-0.2, 0) is 6.54 Å². The van der Waals surface area contributed by atoms with E-state index >= 15 is 0 Å². The summed E-state index contributed by atoms with van der Waals surface area (Å²) in [6.45, 7) is 4.92. The van der Waals surface area contributed by atoms with Crippen molar-refractivity contribution in [2.24, 2.45) is 0 Å². The number of amides is 1. The van der Waals surface area contributed by atoms with Crippen molar-refractivity contribution >= 4 is 28.3 Å². The molecule has 0 unspecified atom stereocenters. The predicted molar refractivity (Wildman–Crippen MR) is 149 cm³/mol. The summed E-state index contributed by atoms with van der Waals surface area (Å²) in [5.74, 6) is 0.412. The molecule has 0 atom stereocenters. The molecule has 0 aliphatic carbocycles. The van der Waals surface area contributed by atoms with Crippen LogP contribution < -0.4 is 10.2 Å². The van der Waals surface area contributed by atoms with Gasteiger partial charge in [-0.05, 0) is 54.4 Å². The van der Waals surface area contributed by atoms with Gasteiger partial charge < -0.3 is 19.7 Å². The summed E-state index contributed by atoms with van der Waals surface area (Å²) in [6, 6.07) is 28.6. The third-order valence-corrected chi connectivity index (χ3v) is 7.09. The van der Waals surface area contributed by atoms with Gasteiger partial charge in [-0.25, -0.2) is 0 Å². The molecule has 0 spiro atoms. The highest BCUT2D eigenvalue weighted by molar-refractivity contribution is 6.04. The van der Waals surface area contributed by atoms with Crippen LogP contribution in [0.3, 0.4) is 0 Å². The third-order valence-electron chi connectivity index (χ3n) is 7.09. The minimum absolute atomic E-state index is 0.160. The molecule has 0 radical (unpaired) electrons. The van der Waals surface area contributed by atoms with Crippen molar-refractivity contribution in [2.75, 3.05) is 43.4 Å². The number of benzene rings is 3. The van der Waals surface area contributed by atoms with Gasteiger partial charge in [0.25, 0.3) is 5.91 Å². The molecule has 3 aromatic carbocycles. The van der Waals surface area contributed by atoms with E-state index < -0.39 is 0 Å². The first-order chi connectivity index (χ1) is 18.1. The van der Waals surface area contributed by atoms with Crippen molar-refractivity contribution < 1.29 is 4.79 Å². The van der Waals surface area contributed by atoms with Crippen LogP contribution in [0.2, 0.25) is 0 Å². The van der Waals surface area contributed by atoms with Gasteiger partial charge in [-0.1, -0.05) is 42.5 Å². The van der Waals surface area contributed by atoms with Crippen LogP contribution in [0.25, 0.3) is 22.2 Å². The highest BCUT2D eigenvalue weighted by atomic mass is 16.1. The largest absolute Gasteiger partial charge is 0.369 e. The van der Waals surface area contributed by atoms with E-state index in [0.29, 0.717) is 11.4 Å². The zero-order valence-electron chi connectivity index (χ0n) is 20.9. The van der Waals surface area contributed by atoms with Gasteiger partial charge >= 0.3 is 0 Å². The first-order valence-electron chi connectivity index (χ1n) is 12.7. The summed E-state index contributed by atoms with van der Waals surface area (Å²) >= 11 is 0. The average molecular weight is 491 g/mol. The summed E-state index contributed by atoms with van der Waals surface area (Å²) in [4.78, 5) is 17.6. The van der Waals surface area contributed by atoms with Crippen molar-refractivity contribution in [1.29, 1.82) is 0 Å². The van der Waals surface area contributed by atoms with Crippen molar-refractivity contribution in [1.82, 2.24) is 19.7 Å². The number of fused-ring (bicyclic) bond motifs is 1. The van der Waals surface area contributed by atoms with Crippen LogP contribution >= 0.6 is 0 Å². The number of carbonyl (C=O) groups is 1. The fourth-order valence-corrected chi connectivity index (χ4v) is 4.88. The standard InChI is InChI=1S/C30H30N6O/c1-34-15-17-35(18-16-34)26-11-9-24(10-12-26)30(37)31-29-20-27(32-33-29)25-8-7-23-13-14-36(28(23)19-25)21-22-5-3-2-4-6-22/h2-14,19-20H,15-18,21H2,1H3,(H2,31,32,33,37). The quantitative estimate of drug-likeness (QED) is 0.348. The Kier molecular flexibility index (Phi) is 6.20. The van der Waals surface area contributed by atoms with E-state index in [4.69, 9.17) is 0 Å². The number of hydrogen-bond donors (Lipinski definition) is 2. The monoisotopic (exact) mass is 490 g/mol. The number of H-pyrrole nitrogens is 1. The first kappa shape index (κ1) is 23.1. The average Bonchev–Trinajstić information content (AvgIpc) is 3.57. The molecule has 37 heavy (non-hydrogen) atoms. The molecule has 3 heterocycles. The van der Waals surface area contributed by atoms with Gasteiger partial charge in [0.05, 0.1) is 5.69 Å². The van der Waals surface area contributed by atoms with E-state index in [9.17, 15) is 4.79 Å². The number of likely N-dealkylation sites (N-methyl/N-ethyl adjacent to an activating group) is 1. The number of nitrogens with zero attached hydrogens (tertiary/aromatic N) is 4. The van der Waals surface area contributed by atoms with Crippen molar-refractivity contribution in [3.05, 3.63) is 102 Å². The molecule has 1 fully saturated rings. The zero-order chi connectivity index (χ0) is 25.2. The van der Waals surface area contributed by atoms with Crippen LogP contribution in [0.5, 0.6) is 0 Å². The van der Waals surface area contributed by atoms with E-state index in [2.05, 4.69) is 91.7 Å². The summed E-state index contributed by atoms with van der Waals surface area (Å²) in [7, 11) is 2.15. The number of anilines is 2. The molecular weight excluding hydrogens is 460 g/mol. The molecule has 7 nitrogen and oxygen atoms in total. The zero-order valence-corrected chi connectivity index (χ0v) is 20.9. The van der Waals surface area contributed by atoms with Gasteiger partial charge in [-0.3, -0.25) is 9.89 Å². The van der Waals surface area contributed by atoms with Gasteiger partial charge in [0, 0.05) is 67.3 Å². The second-order valence-electron chi connectivity index (χ2n) is 9.66. The maximum atomic E-state index is 12.9. The first-order valence-corrected chi connectivity index (χ1v) is 12.7. The van der Waals surface area contributed by atoms with Crippen LogP contribution in [-0.4, -0.2) is 58.8 Å². The minimum Gasteiger partial charge on any atom is -0.369 e. The second-order valence-corrected chi connectivity index (χ2v) is 9.66. The number of rotatable bonds is 6. The predicted octanol–water partition coefficient (Wildman–Crippen LogP) is 5.08. The maximum Gasteiger partial charge on any atom is 0.256 e. The molecule has 1 aliphatic rings. The molecule has 186 valence electrons. The Morgan fingerprint density at radius 1 is 0.919 bits per heavy atom. The van der Waals surface area contributed by atoms with Crippen LogP contribution in [0.4, 0.5) is 11.5 Å². The Labute approximate surface area is 216 Å². The van der Waals surface area contributed by atoms with E-state index in [1.807, 2.05) is 36.4 Å². The van der Waals surface area contributed by atoms with Crippen LogP contribution in [0, 0.1) is 0 Å². The van der Waals surface area contributed by atoms with Crippen LogP contribution in [0.1, 0.15) is 15.9 Å². The molecule has 1 saturated heterocycles. The number of nitrogens with one attached hydrogen (secondary N) is 2. The highest BCUT2D eigenvalue weighted by Crippen LogP contribution is 2.26. The Bertz CT molecular complexity index is 1510. The fraction of sp³-hybridized carbons (Fsp3) is 0.200. The van der Waals surface area contributed by atoms with Gasteiger partial charge in [0.2, 0.25) is 0 Å². The smallest absolute Gasteiger partial charge is 0.256 e. The van der Waals surface area contributed by atoms with Gasteiger partial charge in [0.15, 0.2) is 0 Å². The van der Waals surface area contributed by atoms with Crippen molar-refractivity contribution in [3.8, 4) is 11.3 Å². The van der Waals surface area contributed by atoms with Crippen LogP contribution in [0.15, 0.2) is 91.1 Å². The third kappa shape index (κ3) is 4.99. The summed E-state index contributed by atoms with van der Waals surface area (Å²) in [5, 5.41) is 11.6. The lowest BCUT2D eigenvalue weighted by Crippen LogP contribution is -2.44. The Morgan fingerprint density at radius 2 is 1.70 bits per heavy atom. The number of carbonyl (C=O) groups excluding carboxylic acids is 1. The number of aromatic nitrogens is 3. The lowest BCUT2D eigenvalue weighted by Gasteiger charge is -2.34. The topological polar surface area (TPSA) is 69.2 Å². The molecule has 2 aromatic heterocycles. The van der Waals surface area contributed by atoms with Gasteiger partial charge in [0.1, 0.15) is 5.82 Å². The molecular formula is C30H30N6O. The summed E-state index contributed by atoms with van der Waals surface area (Å²) in [6.07, 6.45) is 2.12. The summed E-state index contributed by atoms with van der Waals surface area (Å²) in [5.41, 5.74) is 5.96. The minimum atomic E-state index is -0.160. The van der Waals surface area contributed by atoms with Gasteiger partial charge in [-0.2, -0.15) is 5.10 Å². The molecule has 6 rings (SSSR count). The molecule has 0 bridgehead atoms. The SMILES string of the molecule is CN1CCN(c2ccc(C(=O)Nc3cc(-c4ccc5ccn(Cc6ccccc6)c5c4)n[nH]3)cc2)CC1. The number of piperazine rings is 1. The lowest BCUT2D eigenvalue weighted by molar-refractivity contribution is 0.102. The fourth-order valence-electron chi connectivity index (χ4n) is 4.88. The van der Waals surface area contributed by atoms with Crippen molar-refractivity contribution in [2.45, 2.75) is 6.54 Å². The molecule has 1 amide bonds. The highest BCUT2D eigenvalue weighted by Gasteiger charge is 2.15. The van der Waals surface area contributed by atoms with E-state index in [0.717, 1.165) is 55.2 Å². The second kappa shape index (κ2) is 9.95. The van der Waals surface area contributed by atoms with E-state index in [-0.39, 0.29) is 5.91 Å². The summed E-state index contributed by atoms with van der Waals surface area (Å²) < 4.78 is 2.25. The lowest BCUT2D eigenvalue weighted by atomic mass is 10.1. The van der Waals surface area contributed by atoms with E-state index in [1.54, 1.807) is 0 Å². The van der Waals surface area contributed by atoms with E-state index in [1.165, 1.54) is 10.9 Å². The Hall–Kier alpha value is -4.36. The molecule has 7 heteroatoms. The molecule has 0 saturated carbocycles. The maximum absolute atomic E-state index is 12.9. The molecule has 2 N–H and O–H groups in total. The Morgan fingerprint density at radius 3 is 2.49 bits per heavy atom. The normalized spacial score (nSPS) is 14.2. The number of aromatic amines is 1.